The Hall–Kier alpha value is -1.53. The molecule has 0 saturated carbocycles. The van der Waals surface area contributed by atoms with Gasteiger partial charge in [-0.05, 0) is 6.72 Å². The first-order valence-electron chi connectivity index (χ1n) is 3.65. The van der Waals surface area contributed by atoms with Gasteiger partial charge in [-0.25, -0.2) is 0 Å². The first-order chi connectivity index (χ1) is 6.52. The van der Waals surface area contributed by atoms with Crippen LogP contribution in [-0.2, 0) is 4.79 Å². The van der Waals surface area contributed by atoms with Gasteiger partial charge in [-0.3, -0.25) is 14.7 Å². The number of nitrogens with one attached hydrogen (secondary N) is 1. The molecular formula is C7H10F3N3O. The lowest BCUT2D eigenvalue weighted by Gasteiger charge is -2.22. The molecule has 1 amide bonds. The lowest BCUT2D eigenvalue weighted by molar-refractivity contribution is -0.226. The van der Waals surface area contributed by atoms with Crippen LogP contribution in [0.2, 0.25) is 0 Å². The fourth-order valence-corrected chi connectivity index (χ4v) is 0.657. The predicted octanol–water partition coefficient (Wildman–Crippen LogP) is 0.726. The molecule has 0 fully saturated rings. The average molecular weight is 209 g/mol. The molecule has 14 heavy (non-hydrogen) atoms. The van der Waals surface area contributed by atoms with E-state index in [1.165, 1.54) is 0 Å². The van der Waals surface area contributed by atoms with Crippen molar-refractivity contribution in [2.45, 2.75) is 6.30 Å². The van der Waals surface area contributed by atoms with E-state index in [9.17, 15) is 18.0 Å². The Balaban J connectivity index is 4.18. The molecule has 0 aliphatic heterocycles. The number of nitrogens with zero attached hydrogens (tertiary/aromatic N) is 2. The van der Waals surface area contributed by atoms with Gasteiger partial charge < -0.3 is 5.32 Å². The second kappa shape index (κ2) is 6.01. The molecule has 7 heteroatoms. The Bertz CT molecular complexity index is 215. The Kier molecular flexibility index (Phi) is 5.35. The third-order valence-electron chi connectivity index (χ3n) is 1.26. The molecule has 0 saturated heterocycles. The van der Waals surface area contributed by atoms with Gasteiger partial charge in [-0.1, -0.05) is 0 Å². The SMILES string of the molecule is C=N/C=C\N(CCNC=O)C(F)(F)F. The normalized spacial score (nSPS) is 11.4. The Morgan fingerprint density at radius 3 is 2.57 bits per heavy atom. The topological polar surface area (TPSA) is 44.7 Å². The van der Waals surface area contributed by atoms with Crippen LogP contribution < -0.4 is 5.32 Å². The Morgan fingerprint density at radius 1 is 1.50 bits per heavy atom. The number of halogens is 3. The van der Waals surface area contributed by atoms with Crippen molar-refractivity contribution < 1.29 is 18.0 Å². The number of carbonyl (C=O) groups excluding carboxylic acids is 1. The Labute approximate surface area is 79.1 Å². The largest absolute Gasteiger partial charge is 0.484 e. The summed E-state index contributed by atoms with van der Waals surface area (Å²) in [5.41, 5.74) is 0. The lowest BCUT2D eigenvalue weighted by Crippen LogP contribution is -2.38. The highest BCUT2D eigenvalue weighted by Gasteiger charge is 2.34. The van der Waals surface area contributed by atoms with Crippen LogP contribution in [-0.4, -0.2) is 37.4 Å². The van der Waals surface area contributed by atoms with E-state index >= 15 is 0 Å². The van der Waals surface area contributed by atoms with E-state index in [0.717, 1.165) is 12.4 Å². The molecule has 4 nitrogen and oxygen atoms in total. The van der Waals surface area contributed by atoms with Crippen LogP contribution in [0.1, 0.15) is 0 Å². The third-order valence-corrected chi connectivity index (χ3v) is 1.26. The first kappa shape index (κ1) is 12.5. The molecule has 0 aromatic heterocycles. The molecule has 0 radical (unpaired) electrons. The molecule has 0 bridgehead atoms. The highest BCUT2D eigenvalue weighted by molar-refractivity contribution is 5.45. The van der Waals surface area contributed by atoms with E-state index in [2.05, 4.69) is 17.0 Å². The average Bonchev–Trinajstić information content (AvgIpc) is 2.09. The molecule has 0 unspecified atom stereocenters. The van der Waals surface area contributed by atoms with Crippen molar-refractivity contribution in [3.63, 3.8) is 0 Å². The van der Waals surface area contributed by atoms with Crippen molar-refractivity contribution in [2.75, 3.05) is 13.1 Å². The van der Waals surface area contributed by atoms with E-state index in [-0.39, 0.29) is 18.0 Å². The Morgan fingerprint density at radius 2 is 2.14 bits per heavy atom. The van der Waals surface area contributed by atoms with Crippen LogP contribution >= 0.6 is 0 Å². The fourth-order valence-electron chi connectivity index (χ4n) is 0.657. The highest BCUT2D eigenvalue weighted by Crippen LogP contribution is 2.20. The summed E-state index contributed by atoms with van der Waals surface area (Å²) >= 11 is 0. The molecule has 0 aliphatic carbocycles. The van der Waals surface area contributed by atoms with Crippen molar-refractivity contribution in [1.82, 2.24) is 10.2 Å². The zero-order valence-corrected chi connectivity index (χ0v) is 7.29. The molecule has 1 N–H and O–H groups in total. The van der Waals surface area contributed by atoms with E-state index in [1.807, 2.05) is 0 Å². The summed E-state index contributed by atoms with van der Waals surface area (Å²) < 4.78 is 36.5. The summed E-state index contributed by atoms with van der Waals surface area (Å²) in [5, 5.41) is 2.12. The monoisotopic (exact) mass is 209 g/mol. The minimum Gasteiger partial charge on any atom is -0.357 e. The maximum absolute atomic E-state index is 12.2. The summed E-state index contributed by atoms with van der Waals surface area (Å²) in [7, 11) is 0. The number of rotatable bonds is 6. The van der Waals surface area contributed by atoms with Gasteiger partial charge in [0.1, 0.15) is 0 Å². The van der Waals surface area contributed by atoms with Gasteiger partial charge in [0.25, 0.3) is 0 Å². The number of amides is 1. The number of hydrogen-bond donors (Lipinski definition) is 1. The molecule has 0 aromatic carbocycles. The van der Waals surface area contributed by atoms with E-state index in [1.54, 1.807) is 0 Å². The lowest BCUT2D eigenvalue weighted by atomic mass is 10.5. The zero-order chi connectivity index (χ0) is 11.0. The minimum absolute atomic E-state index is 0.0928. The highest BCUT2D eigenvalue weighted by atomic mass is 19.4. The maximum atomic E-state index is 12.2. The van der Waals surface area contributed by atoms with Crippen LogP contribution in [0.3, 0.4) is 0 Å². The number of alkyl halides is 3. The summed E-state index contributed by atoms with van der Waals surface area (Å²) in [6.07, 6.45) is -2.47. The molecule has 0 atom stereocenters. The number of hydrogen-bond acceptors (Lipinski definition) is 3. The van der Waals surface area contributed by atoms with Crippen molar-refractivity contribution in [3.8, 4) is 0 Å². The third kappa shape index (κ3) is 5.18. The molecule has 0 spiro atoms. The smallest absolute Gasteiger partial charge is 0.357 e. The molecule has 0 aromatic rings. The van der Waals surface area contributed by atoms with E-state index in [0.29, 0.717) is 6.41 Å². The molecule has 0 rings (SSSR count). The van der Waals surface area contributed by atoms with Gasteiger partial charge in [0, 0.05) is 25.5 Å². The predicted molar refractivity (Wildman–Crippen MR) is 45.5 cm³/mol. The van der Waals surface area contributed by atoms with Crippen molar-refractivity contribution in [2.24, 2.45) is 4.99 Å². The maximum Gasteiger partial charge on any atom is 0.484 e. The summed E-state index contributed by atoms with van der Waals surface area (Å²) in [6.45, 7) is 2.55. The summed E-state index contributed by atoms with van der Waals surface area (Å²) in [4.78, 5) is 13.0. The second-order valence-corrected chi connectivity index (χ2v) is 2.21. The van der Waals surface area contributed by atoms with Crippen molar-refractivity contribution in [1.29, 1.82) is 0 Å². The quantitative estimate of drug-likeness (QED) is 0.303. The molecule has 0 aliphatic rings. The zero-order valence-electron chi connectivity index (χ0n) is 7.29. The van der Waals surface area contributed by atoms with E-state index in [4.69, 9.17) is 0 Å². The van der Waals surface area contributed by atoms with Gasteiger partial charge in [0.05, 0.1) is 0 Å². The molecule has 80 valence electrons. The van der Waals surface area contributed by atoms with Gasteiger partial charge >= 0.3 is 6.30 Å². The van der Waals surface area contributed by atoms with Crippen LogP contribution in [0.15, 0.2) is 17.4 Å². The molecular weight excluding hydrogens is 199 g/mol. The van der Waals surface area contributed by atoms with Gasteiger partial charge in [0.2, 0.25) is 6.41 Å². The number of aliphatic imine (C=N–C) groups is 1. The number of carbonyl (C=O) groups is 1. The standard InChI is InChI=1S/C7H10F3N3O/c1-11-2-4-13(7(8,9)10)5-3-12-6-14/h2,4,6H,1,3,5H2,(H,12,14)/b4-2-. The summed E-state index contributed by atoms with van der Waals surface area (Å²) in [5.74, 6) is 0. The van der Waals surface area contributed by atoms with Gasteiger partial charge in [-0.2, -0.15) is 13.2 Å². The fraction of sp³-hybridized carbons (Fsp3) is 0.429. The van der Waals surface area contributed by atoms with Crippen LogP contribution in [0.25, 0.3) is 0 Å². The van der Waals surface area contributed by atoms with Gasteiger partial charge in [0.15, 0.2) is 0 Å². The van der Waals surface area contributed by atoms with Crippen LogP contribution in [0, 0.1) is 0 Å². The first-order valence-corrected chi connectivity index (χ1v) is 3.65. The minimum atomic E-state index is -4.48. The van der Waals surface area contributed by atoms with E-state index < -0.39 is 6.30 Å². The van der Waals surface area contributed by atoms with Gasteiger partial charge in [-0.15, -0.1) is 0 Å². The van der Waals surface area contributed by atoms with Crippen LogP contribution in [0.5, 0.6) is 0 Å². The van der Waals surface area contributed by atoms with Crippen molar-refractivity contribution >= 4 is 13.1 Å². The second-order valence-electron chi connectivity index (χ2n) is 2.21. The van der Waals surface area contributed by atoms with Crippen molar-refractivity contribution in [3.05, 3.63) is 12.4 Å². The molecule has 0 heterocycles. The summed E-state index contributed by atoms with van der Waals surface area (Å²) in [6, 6.07) is 0. The van der Waals surface area contributed by atoms with Crippen LogP contribution in [0.4, 0.5) is 13.2 Å².